The van der Waals surface area contributed by atoms with Gasteiger partial charge in [0.15, 0.2) is 5.82 Å². The third-order valence-corrected chi connectivity index (χ3v) is 5.90. The van der Waals surface area contributed by atoms with Crippen molar-refractivity contribution in [3.05, 3.63) is 77.4 Å². The summed E-state index contributed by atoms with van der Waals surface area (Å²) in [5.41, 5.74) is 4.34. The van der Waals surface area contributed by atoms with E-state index in [1.165, 1.54) is 4.80 Å². The van der Waals surface area contributed by atoms with Crippen LogP contribution in [0.2, 0.25) is 0 Å². The van der Waals surface area contributed by atoms with Gasteiger partial charge in [0.05, 0.1) is 29.7 Å². The van der Waals surface area contributed by atoms with Gasteiger partial charge in [-0.1, -0.05) is 36.3 Å². The van der Waals surface area contributed by atoms with Gasteiger partial charge in [0.25, 0.3) is 11.8 Å². The number of aryl methyl sites for hydroxylation is 2. The zero-order valence-corrected chi connectivity index (χ0v) is 18.1. The van der Waals surface area contributed by atoms with E-state index in [1.807, 2.05) is 48.2 Å². The van der Waals surface area contributed by atoms with Crippen LogP contribution in [0, 0.1) is 6.92 Å². The average Bonchev–Trinajstić information content (AvgIpc) is 3.59. The van der Waals surface area contributed by atoms with Gasteiger partial charge in [0, 0.05) is 12.1 Å². The molecule has 162 valence electrons. The highest BCUT2D eigenvalue weighted by atomic mass is 16.5. The molecule has 0 spiro atoms. The van der Waals surface area contributed by atoms with E-state index >= 15 is 0 Å². The monoisotopic (exact) mass is 428 g/mol. The third kappa shape index (κ3) is 3.57. The van der Waals surface area contributed by atoms with Crippen LogP contribution in [0.15, 0.2) is 59.4 Å². The molecule has 0 bridgehead atoms. The molecule has 1 fully saturated rings. The van der Waals surface area contributed by atoms with Gasteiger partial charge in [-0.25, -0.2) is 0 Å². The number of aromatic nitrogens is 5. The summed E-state index contributed by atoms with van der Waals surface area (Å²) < 4.78 is 5.61. The van der Waals surface area contributed by atoms with Crippen LogP contribution in [0.5, 0.6) is 0 Å². The quantitative estimate of drug-likeness (QED) is 0.474. The fourth-order valence-corrected chi connectivity index (χ4v) is 4.28. The normalized spacial score (nSPS) is 15.9. The molecule has 1 aliphatic heterocycles. The summed E-state index contributed by atoms with van der Waals surface area (Å²) >= 11 is 0. The fraction of sp³-hybridized carbons (Fsp3) is 0.292. The summed E-state index contributed by atoms with van der Waals surface area (Å²) in [7, 11) is 0. The predicted molar refractivity (Wildman–Crippen MR) is 118 cm³/mol. The summed E-state index contributed by atoms with van der Waals surface area (Å²) in [5, 5.41) is 12.7. The van der Waals surface area contributed by atoms with Crippen LogP contribution in [0.3, 0.4) is 0 Å². The van der Waals surface area contributed by atoms with Crippen molar-refractivity contribution in [3.8, 4) is 17.1 Å². The minimum Gasteiger partial charge on any atom is -0.334 e. The number of benzene rings is 2. The second kappa shape index (κ2) is 8.37. The van der Waals surface area contributed by atoms with Crippen LogP contribution in [-0.4, -0.2) is 42.5 Å². The van der Waals surface area contributed by atoms with Crippen LogP contribution in [0.1, 0.15) is 53.1 Å². The average molecular weight is 428 g/mol. The molecule has 8 heteroatoms. The second-order valence-electron chi connectivity index (χ2n) is 7.96. The molecule has 0 radical (unpaired) electrons. The molecule has 1 amide bonds. The van der Waals surface area contributed by atoms with Crippen molar-refractivity contribution in [2.45, 2.75) is 39.2 Å². The van der Waals surface area contributed by atoms with Crippen LogP contribution in [0.4, 0.5) is 0 Å². The summed E-state index contributed by atoms with van der Waals surface area (Å²) in [6, 6.07) is 13.5. The Kier molecular flexibility index (Phi) is 5.26. The van der Waals surface area contributed by atoms with Gasteiger partial charge in [-0.2, -0.15) is 20.0 Å². The topological polar surface area (TPSA) is 89.9 Å². The smallest absolute Gasteiger partial charge is 0.258 e. The lowest BCUT2D eigenvalue weighted by molar-refractivity contribution is 0.0728. The number of hydrogen-bond acceptors (Lipinski definition) is 6. The lowest BCUT2D eigenvalue weighted by Crippen LogP contribution is -2.32. The molecular formula is C24H24N6O2. The lowest BCUT2D eigenvalue weighted by atomic mass is 10.1. The Bertz CT molecular complexity index is 1250. The van der Waals surface area contributed by atoms with Crippen LogP contribution >= 0.6 is 0 Å². The Labute approximate surface area is 185 Å². The number of nitrogens with zero attached hydrogens (tertiary/aromatic N) is 6. The number of carbonyl (C=O) groups excluding carboxylic acids is 1. The summed E-state index contributed by atoms with van der Waals surface area (Å²) in [5.74, 6) is 0.955. The maximum atomic E-state index is 13.6. The Morgan fingerprint density at radius 2 is 1.97 bits per heavy atom. The van der Waals surface area contributed by atoms with Gasteiger partial charge < -0.3 is 9.42 Å². The highest BCUT2D eigenvalue weighted by molar-refractivity contribution is 5.98. The summed E-state index contributed by atoms with van der Waals surface area (Å²) in [4.78, 5) is 21.6. The molecule has 1 aliphatic rings. The molecule has 8 nitrogen and oxygen atoms in total. The van der Waals surface area contributed by atoms with Crippen molar-refractivity contribution in [2.24, 2.45) is 0 Å². The Morgan fingerprint density at radius 3 is 2.78 bits per heavy atom. The van der Waals surface area contributed by atoms with Crippen LogP contribution in [0.25, 0.3) is 17.1 Å². The molecule has 3 heterocycles. The van der Waals surface area contributed by atoms with Crippen molar-refractivity contribution >= 4 is 5.91 Å². The molecular weight excluding hydrogens is 404 g/mol. The fourth-order valence-electron chi connectivity index (χ4n) is 4.28. The van der Waals surface area contributed by atoms with Crippen molar-refractivity contribution in [3.63, 3.8) is 0 Å². The molecule has 0 N–H and O–H groups in total. The van der Waals surface area contributed by atoms with Crippen molar-refractivity contribution in [1.29, 1.82) is 0 Å². The van der Waals surface area contributed by atoms with Crippen molar-refractivity contribution in [2.75, 3.05) is 6.54 Å². The summed E-state index contributed by atoms with van der Waals surface area (Å²) in [6.45, 7) is 4.72. The minimum atomic E-state index is -0.228. The van der Waals surface area contributed by atoms with Gasteiger partial charge in [0.1, 0.15) is 0 Å². The first kappa shape index (κ1) is 20.1. The molecule has 0 aliphatic carbocycles. The molecule has 0 unspecified atom stereocenters. The van der Waals surface area contributed by atoms with Crippen LogP contribution < -0.4 is 0 Å². The van der Waals surface area contributed by atoms with Gasteiger partial charge >= 0.3 is 0 Å². The number of hydrogen-bond donors (Lipinski definition) is 0. The number of rotatable bonds is 5. The SMILES string of the molecule is CCc1ccccc1-c1nc([C@@H]2CCCN2C(=O)c2ccc(C)cc2-n2nccn2)no1. The Balaban J connectivity index is 1.47. The first-order valence-electron chi connectivity index (χ1n) is 10.9. The van der Waals surface area contributed by atoms with E-state index in [4.69, 9.17) is 4.52 Å². The molecule has 1 saturated heterocycles. The van der Waals surface area contributed by atoms with E-state index in [2.05, 4.69) is 33.3 Å². The van der Waals surface area contributed by atoms with Crippen LogP contribution in [-0.2, 0) is 6.42 Å². The highest BCUT2D eigenvalue weighted by Crippen LogP contribution is 2.34. The molecule has 5 rings (SSSR count). The van der Waals surface area contributed by atoms with E-state index in [0.717, 1.165) is 36.0 Å². The maximum absolute atomic E-state index is 13.6. The molecule has 1 atom stereocenters. The molecule has 0 saturated carbocycles. The largest absolute Gasteiger partial charge is 0.334 e. The van der Waals surface area contributed by atoms with Crippen molar-refractivity contribution < 1.29 is 9.32 Å². The van der Waals surface area contributed by atoms with E-state index in [0.29, 0.717) is 29.5 Å². The zero-order valence-electron chi connectivity index (χ0n) is 18.1. The highest BCUT2D eigenvalue weighted by Gasteiger charge is 2.35. The number of likely N-dealkylation sites (tertiary alicyclic amines) is 1. The molecule has 2 aromatic heterocycles. The number of carbonyl (C=O) groups is 1. The molecule has 2 aromatic carbocycles. The van der Waals surface area contributed by atoms with E-state index < -0.39 is 0 Å². The van der Waals surface area contributed by atoms with E-state index in [9.17, 15) is 4.79 Å². The predicted octanol–water partition coefficient (Wildman–Crippen LogP) is 4.17. The van der Waals surface area contributed by atoms with E-state index in [1.54, 1.807) is 12.4 Å². The lowest BCUT2D eigenvalue weighted by Gasteiger charge is -2.23. The maximum Gasteiger partial charge on any atom is 0.258 e. The first-order chi connectivity index (χ1) is 15.7. The van der Waals surface area contributed by atoms with Gasteiger partial charge in [-0.05, 0) is 55.5 Å². The van der Waals surface area contributed by atoms with Gasteiger partial charge in [-0.15, -0.1) is 0 Å². The second-order valence-corrected chi connectivity index (χ2v) is 7.96. The Morgan fingerprint density at radius 1 is 1.16 bits per heavy atom. The minimum absolute atomic E-state index is 0.0832. The first-order valence-corrected chi connectivity index (χ1v) is 10.9. The van der Waals surface area contributed by atoms with Gasteiger partial charge in [-0.3, -0.25) is 4.79 Å². The molecule has 4 aromatic rings. The van der Waals surface area contributed by atoms with E-state index in [-0.39, 0.29) is 11.9 Å². The summed E-state index contributed by atoms with van der Waals surface area (Å²) in [6.07, 6.45) is 5.75. The zero-order chi connectivity index (χ0) is 22.1. The van der Waals surface area contributed by atoms with Crippen molar-refractivity contribution in [1.82, 2.24) is 30.0 Å². The Hall–Kier alpha value is -3.81. The standard InChI is InChI=1S/C24H24N6O2/c1-3-17-7-4-5-8-18(17)23-27-22(28-32-23)20-9-6-14-29(20)24(31)19-11-10-16(2)15-21(19)30-25-12-13-26-30/h4-5,7-8,10-13,15,20H,3,6,9,14H2,1-2H3/t20-/m0/s1. The number of amides is 1. The van der Waals surface area contributed by atoms with Gasteiger partial charge in [0.2, 0.25) is 0 Å². The third-order valence-electron chi connectivity index (χ3n) is 5.90. The molecule has 32 heavy (non-hydrogen) atoms.